The molecule has 17 heavy (non-hydrogen) atoms. The van der Waals surface area contributed by atoms with Gasteiger partial charge in [-0.2, -0.15) is 0 Å². The molecule has 2 atom stereocenters. The third kappa shape index (κ3) is 3.59. The zero-order valence-corrected chi connectivity index (χ0v) is 10.1. The molecule has 0 radical (unpaired) electrons. The highest BCUT2D eigenvalue weighted by molar-refractivity contribution is 5.43. The molecule has 0 fully saturated rings. The molecule has 0 bridgehead atoms. The van der Waals surface area contributed by atoms with E-state index in [1.807, 2.05) is 0 Å². The van der Waals surface area contributed by atoms with Crippen molar-refractivity contribution in [1.82, 2.24) is 0 Å². The zero-order chi connectivity index (χ0) is 12.8. The van der Waals surface area contributed by atoms with Gasteiger partial charge in [0.1, 0.15) is 0 Å². The molecule has 5 heteroatoms. The van der Waals surface area contributed by atoms with Crippen LogP contribution >= 0.6 is 0 Å². The topological polar surface area (TPSA) is 84.9 Å². The predicted octanol–water partition coefficient (Wildman–Crippen LogP) is 0.447. The average Bonchev–Trinajstić information content (AvgIpc) is 2.37. The SMILES string of the molecule is COc1ccc([C@H](O)C[C@H](N)CO)cc1OC. The molecule has 0 spiro atoms. The van der Waals surface area contributed by atoms with Crippen LogP contribution in [-0.4, -0.2) is 37.1 Å². The van der Waals surface area contributed by atoms with E-state index in [-0.39, 0.29) is 6.61 Å². The fraction of sp³-hybridized carbons (Fsp3) is 0.500. The fourth-order valence-electron chi connectivity index (χ4n) is 1.56. The van der Waals surface area contributed by atoms with Gasteiger partial charge in [-0.3, -0.25) is 0 Å². The van der Waals surface area contributed by atoms with E-state index in [9.17, 15) is 5.11 Å². The van der Waals surface area contributed by atoms with Crippen molar-refractivity contribution in [3.05, 3.63) is 23.8 Å². The van der Waals surface area contributed by atoms with Crippen LogP contribution in [0.1, 0.15) is 18.1 Å². The normalized spacial score (nSPS) is 14.2. The molecule has 0 heterocycles. The standard InChI is InChI=1S/C12H19NO4/c1-16-11-4-3-8(5-12(11)17-2)10(15)6-9(13)7-14/h3-5,9-10,14-15H,6-7,13H2,1-2H3/t9-,10+/m0/s1. The van der Waals surface area contributed by atoms with Crippen molar-refractivity contribution in [1.29, 1.82) is 0 Å². The van der Waals surface area contributed by atoms with E-state index < -0.39 is 12.1 Å². The first-order chi connectivity index (χ1) is 8.12. The molecule has 96 valence electrons. The molecular formula is C12H19NO4. The molecule has 1 rings (SSSR count). The predicted molar refractivity (Wildman–Crippen MR) is 64.2 cm³/mol. The van der Waals surface area contributed by atoms with Gasteiger partial charge in [-0.1, -0.05) is 6.07 Å². The zero-order valence-electron chi connectivity index (χ0n) is 10.1. The molecule has 5 nitrogen and oxygen atoms in total. The first-order valence-corrected chi connectivity index (χ1v) is 5.38. The number of methoxy groups -OCH3 is 2. The van der Waals surface area contributed by atoms with Gasteiger partial charge in [-0.15, -0.1) is 0 Å². The number of aliphatic hydroxyl groups excluding tert-OH is 2. The third-order valence-corrected chi connectivity index (χ3v) is 2.55. The van der Waals surface area contributed by atoms with Crippen LogP contribution in [0.25, 0.3) is 0 Å². The van der Waals surface area contributed by atoms with Crippen LogP contribution in [0.4, 0.5) is 0 Å². The second-order valence-corrected chi connectivity index (χ2v) is 3.81. The monoisotopic (exact) mass is 241 g/mol. The molecular weight excluding hydrogens is 222 g/mol. The van der Waals surface area contributed by atoms with Gasteiger partial charge >= 0.3 is 0 Å². The highest BCUT2D eigenvalue weighted by Gasteiger charge is 2.14. The summed E-state index contributed by atoms with van der Waals surface area (Å²) in [5.41, 5.74) is 6.26. The van der Waals surface area contributed by atoms with Gasteiger partial charge in [0, 0.05) is 6.04 Å². The van der Waals surface area contributed by atoms with Crippen LogP contribution in [0.5, 0.6) is 11.5 Å². The maximum atomic E-state index is 9.92. The maximum Gasteiger partial charge on any atom is 0.161 e. The summed E-state index contributed by atoms with van der Waals surface area (Å²) in [6, 6.07) is 4.74. The summed E-state index contributed by atoms with van der Waals surface area (Å²) in [5, 5.41) is 18.8. The number of ether oxygens (including phenoxy) is 2. The van der Waals surface area contributed by atoms with E-state index in [1.165, 1.54) is 7.11 Å². The molecule has 0 amide bonds. The highest BCUT2D eigenvalue weighted by atomic mass is 16.5. The molecule has 0 aliphatic rings. The average molecular weight is 241 g/mol. The number of rotatable bonds is 6. The Labute approximate surface area is 101 Å². The molecule has 4 N–H and O–H groups in total. The van der Waals surface area contributed by atoms with E-state index >= 15 is 0 Å². The van der Waals surface area contributed by atoms with Crippen LogP contribution in [-0.2, 0) is 0 Å². The van der Waals surface area contributed by atoms with Crippen LogP contribution in [0.3, 0.4) is 0 Å². The molecule has 0 saturated carbocycles. The molecule has 0 unspecified atom stereocenters. The van der Waals surface area contributed by atoms with E-state index in [0.717, 1.165) is 0 Å². The van der Waals surface area contributed by atoms with Gasteiger partial charge in [0.25, 0.3) is 0 Å². The number of hydrogen-bond donors (Lipinski definition) is 3. The first-order valence-electron chi connectivity index (χ1n) is 5.38. The minimum absolute atomic E-state index is 0.148. The lowest BCUT2D eigenvalue weighted by Gasteiger charge is -2.16. The van der Waals surface area contributed by atoms with E-state index in [4.69, 9.17) is 20.3 Å². The Kier molecular flexibility index (Phi) is 5.21. The van der Waals surface area contributed by atoms with Crippen molar-refractivity contribution in [2.75, 3.05) is 20.8 Å². The third-order valence-electron chi connectivity index (χ3n) is 2.55. The smallest absolute Gasteiger partial charge is 0.161 e. The molecule has 0 saturated heterocycles. The Bertz CT molecular complexity index is 356. The maximum absolute atomic E-state index is 9.92. The van der Waals surface area contributed by atoms with E-state index in [0.29, 0.717) is 23.5 Å². The molecule has 1 aromatic rings. The lowest BCUT2D eigenvalue weighted by atomic mass is 10.0. The number of aliphatic hydroxyl groups is 2. The second-order valence-electron chi connectivity index (χ2n) is 3.81. The van der Waals surface area contributed by atoms with Gasteiger partial charge in [-0.05, 0) is 24.1 Å². The molecule has 1 aromatic carbocycles. The summed E-state index contributed by atoms with van der Waals surface area (Å²) in [7, 11) is 3.09. The Morgan fingerprint density at radius 1 is 1.24 bits per heavy atom. The lowest BCUT2D eigenvalue weighted by Crippen LogP contribution is -2.26. The molecule has 0 aromatic heterocycles. The van der Waals surface area contributed by atoms with Crippen molar-refractivity contribution in [2.24, 2.45) is 5.73 Å². The first kappa shape index (κ1) is 13.8. The molecule has 0 aliphatic heterocycles. The van der Waals surface area contributed by atoms with Crippen molar-refractivity contribution < 1.29 is 19.7 Å². The number of nitrogens with two attached hydrogens (primary N) is 1. The Morgan fingerprint density at radius 2 is 1.88 bits per heavy atom. The van der Waals surface area contributed by atoms with Crippen LogP contribution in [0, 0.1) is 0 Å². The number of benzene rings is 1. The minimum atomic E-state index is -0.725. The second kappa shape index (κ2) is 6.44. The van der Waals surface area contributed by atoms with Crippen molar-refractivity contribution in [2.45, 2.75) is 18.6 Å². The van der Waals surface area contributed by atoms with E-state index in [2.05, 4.69) is 0 Å². The summed E-state index contributed by atoms with van der Waals surface area (Å²) in [6.45, 7) is -0.148. The summed E-state index contributed by atoms with van der Waals surface area (Å²) in [6.07, 6.45) is -0.427. The minimum Gasteiger partial charge on any atom is -0.493 e. The summed E-state index contributed by atoms with van der Waals surface area (Å²) in [4.78, 5) is 0. The van der Waals surface area contributed by atoms with Crippen molar-refractivity contribution in [3.63, 3.8) is 0 Å². The van der Waals surface area contributed by atoms with Crippen LogP contribution in [0.2, 0.25) is 0 Å². The van der Waals surface area contributed by atoms with Crippen LogP contribution in [0.15, 0.2) is 18.2 Å². The summed E-state index contributed by atoms with van der Waals surface area (Å²) >= 11 is 0. The van der Waals surface area contributed by atoms with Gasteiger partial charge in [0.05, 0.1) is 26.9 Å². The fourth-order valence-corrected chi connectivity index (χ4v) is 1.56. The largest absolute Gasteiger partial charge is 0.493 e. The quantitative estimate of drug-likeness (QED) is 0.673. The van der Waals surface area contributed by atoms with E-state index in [1.54, 1.807) is 25.3 Å². The number of hydrogen-bond acceptors (Lipinski definition) is 5. The Morgan fingerprint density at radius 3 is 2.41 bits per heavy atom. The van der Waals surface area contributed by atoms with Crippen molar-refractivity contribution in [3.8, 4) is 11.5 Å². The van der Waals surface area contributed by atoms with Crippen molar-refractivity contribution >= 4 is 0 Å². The van der Waals surface area contributed by atoms with Crippen LogP contribution < -0.4 is 15.2 Å². The Balaban J connectivity index is 2.84. The van der Waals surface area contributed by atoms with Gasteiger partial charge in [0.15, 0.2) is 11.5 Å². The van der Waals surface area contributed by atoms with Gasteiger partial charge < -0.3 is 25.4 Å². The van der Waals surface area contributed by atoms with Gasteiger partial charge in [-0.25, -0.2) is 0 Å². The molecule has 0 aliphatic carbocycles. The summed E-state index contributed by atoms with van der Waals surface area (Å²) < 4.78 is 10.2. The summed E-state index contributed by atoms with van der Waals surface area (Å²) in [5.74, 6) is 1.16. The lowest BCUT2D eigenvalue weighted by molar-refractivity contribution is 0.140. The van der Waals surface area contributed by atoms with Gasteiger partial charge in [0.2, 0.25) is 0 Å². The Hall–Kier alpha value is -1.30. The highest BCUT2D eigenvalue weighted by Crippen LogP contribution is 2.30.